The smallest absolute Gasteiger partial charge is 0.316 e. The zero-order valence-electron chi connectivity index (χ0n) is 10.9. The molecular formula is C14H17N3O2. The van der Waals surface area contributed by atoms with E-state index in [-0.39, 0.29) is 6.04 Å². The van der Waals surface area contributed by atoms with Crippen molar-refractivity contribution in [2.24, 2.45) is 5.73 Å². The monoisotopic (exact) mass is 259 g/mol. The van der Waals surface area contributed by atoms with Crippen molar-refractivity contribution in [1.82, 2.24) is 0 Å². The largest absolute Gasteiger partial charge is 0.464 e. The second kappa shape index (κ2) is 5.48. The second-order valence-corrected chi connectivity index (χ2v) is 4.38. The lowest BCUT2D eigenvalue weighted by molar-refractivity contribution is 0.259. The molecule has 2 rings (SSSR count). The summed E-state index contributed by atoms with van der Waals surface area (Å²) in [5.74, 6) is 1.78. The van der Waals surface area contributed by atoms with Gasteiger partial charge in [0.25, 0.3) is 0 Å². The third-order valence-electron chi connectivity index (χ3n) is 2.72. The quantitative estimate of drug-likeness (QED) is 0.788. The Balaban J connectivity index is 2.01. The highest BCUT2D eigenvalue weighted by Crippen LogP contribution is 2.22. The number of aryl methyl sites for hydroxylation is 1. The maximum absolute atomic E-state index is 10.7. The number of urea groups is 1. The molecule has 5 nitrogen and oxygen atoms in total. The Labute approximate surface area is 111 Å². The van der Waals surface area contributed by atoms with E-state index in [9.17, 15) is 4.79 Å². The van der Waals surface area contributed by atoms with Crippen molar-refractivity contribution in [3.63, 3.8) is 0 Å². The maximum atomic E-state index is 10.7. The highest BCUT2D eigenvalue weighted by Gasteiger charge is 2.09. The fourth-order valence-electron chi connectivity index (χ4n) is 1.80. The molecule has 100 valence electrons. The van der Waals surface area contributed by atoms with Gasteiger partial charge in [0.1, 0.15) is 11.5 Å². The first-order chi connectivity index (χ1) is 9.04. The lowest BCUT2D eigenvalue weighted by Crippen LogP contribution is -2.19. The molecule has 0 spiro atoms. The summed E-state index contributed by atoms with van der Waals surface area (Å²) in [6.07, 6.45) is 0. The predicted octanol–water partition coefficient (Wildman–Crippen LogP) is 3.25. The van der Waals surface area contributed by atoms with E-state index in [4.69, 9.17) is 10.2 Å². The Morgan fingerprint density at radius 1 is 1.16 bits per heavy atom. The molecule has 2 aromatic rings. The van der Waals surface area contributed by atoms with E-state index in [1.807, 2.05) is 38.1 Å². The van der Waals surface area contributed by atoms with Gasteiger partial charge in [0.05, 0.1) is 6.04 Å². The van der Waals surface area contributed by atoms with Crippen molar-refractivity contribution < 1.29 is 9.21 Å². The molecule has 1 atom stereocenters. The lowest BCUT2D eigenvalue weighted by Gasteiger charge is -2.13. The van der Waals surface area contributed by atoms with Crippen molar-refractivity contribution >= 4 is 17.4 Å². The Kier molecular flexibility index (Phi) is 3.75. The van der Waals surface area contributed by atoms with Crippen molar-refractivity contribution in [3.05, 3.63) is 47.9 Å². The van der Waals surface area contributed by atoms with Crippen LogP contribution >= 0.6 is 0 Å². The van der Waals surface area contributed by atoms with Gasteiger partial charge in [-0.1, -0.05) is 0 Å². The summed E-state index contributed by atoms with van der Waals surface area (Å²) >= 11 is 0. The molecule has 1 aromatic heterocycles. The van der Waals surface area contributed by atoms with E-state index in [2.05, 4.69) is 10.6 Å². The average Bonchev–Trinajstić information content (AvgIpc) is 2.78. The van der Waals surface area contributed by atoms with Gasteiger partial charge in [-0.3, -0.25) is 0 Å². The minimum absolute atomic E-state index is 0.0728. The van der Waals surface area contributed by atoms with E-state index in [1.165, 1.54) is 0 Å². The molecule has 1 heterocycles. The molecule has 0 radical (unpaired) electrons. The molecular weight excluding hydrogens is 242 g/mol. The van der Waals surface area contributed by atoms with E-state index in [1.54, 1.807) is 12.1 Å². The minimum Gasteiger partial charge on any atom is -0.464 e. The number of carbonyl (C=O) groups is 1. The Morgan fingerprint density at radius 3 is 2.32 bits per heavy atom. The van der Waals surface area contributed by atoms with Crippen LogP contribution in [-0.2, 0) is 0 Å². The number of hydrogen-bond acceptors (Lipinski definition) is 3. The lowest BCUT2D eigenvalue weighted by atomic mass is 10.2. The maximum Gasteiger partial charge on any atom is 0.316 e. The molecule has 1 aromatic carbocycles. The number of furan rings is 1. The first kappa shape index (κ1) is 13.0. The number of rotatable bonds is 4. The molecule has 0 saturated carbocycles. The van der Waals surface area contributed by atoms with E-state index in [0.29, 0.717) is 5.69 Å². The highest BCUT2D eigenvalue weighted by atomic mass is 16.3. The summed E-state index contributed by atoms with van der Waals surface area (Å²) < 4.78 is 5.56. The van der Waals surface area contributed by atoms with Gasteiger partial charge in [0, 0.05) is 11.4 Å². The molecule has 0 aliphatic rings. The highest BCUT2D eigenvalue weighted by molar-refractivity contribution is 5.87. The fraction of sp³-hybridized carbons (Fsp3) is 0.214. The topological polar surface area (TPSA) is 80.3 Å². The summed E-state index contributed by atoms with van der Waals surface area (Å²) in [7, 11) is 0. The number of nitrogens with one attached hydrogen (secondary N) is 2. The number of amides is 2. The standard InChI is InChI=1S/C14H17N3O2/c1-9-3-8-13(19-9)10(2)16-11-4-6-12(7-5-11)17-14(15)18/h3-8,10,16H,1-2H3,(H3,15,17,18). The Bertz CT molecular complexity index is 560. The SMILES string of the molecule is Cc1ccc(C(C)Nc2ccc(NC(N)=O)cc2)o1. The van der Waals surface area contributed by atoms with Gasteiger partial charge in [0.15, 0.2) is 0 Å². The van der Waals surface area contributed by atoms with Crippen LogP contribution in [-0.4, -0.2) is 6.03 Å². The molecule has 0 saturated heterocycles. The van der Waals surface area contributed by atoms with Crippen LogP contribution in [0, 0.1) is 6.92 Å². The molecule has 0 aliphatic heterocycles. The predicted molar refractivity (Wildman–Crippen MR) is 75.1 cm³/mol. The van der Waals surface area contributed by atoms with Crippen LogP contribution < -0.4 is 16.4 Å². The molecule has 1 unspecified atom stereocenters. The van der Waals surface area contributed by atoms with Gasteiger partial charge in [-0.15, -0.1) is 0 Å². The number of nitrogens with two attached hydrogens (primary N) is 1. The van der Waals surface area contributed by atoms with Gasteiger partial charge < -0.3 is 20.8 Å². The molecule has 0 fully saturated rings. The van der Waals surface area contributed by atoms with Crippen LogP contribution in [0.4, 0.5) is 16.2 Å². The summed E-state index contributed by atoms with van der Waals surface area (Å²) in [4.78, 5) is 10.7. The number of primary amides is 1. The summed E-state index contributed by atoms with van der Waals surface area (Å²) in [5.41, 5.74) is 6.65. The van der Waals surface area contributed by atoms with Crippen LogP contribution in [0.25, 0.3) is 0 Å². The fourth-order valence-corrected chi connectivity index (χ4v) is 1.80. The summed E-state index contributed by atoms with van der Waals surface area (Å²) in [5, 5.41) is 5.83. The van der Waals surface area contributed by atoms with Gasteiger partial charge in [-0.2, -0.15) is 0 Å². The third kappa shape index (κ3) is 3.51. The van der Waals surface area contributed by atoms with E-state index >= 15 is 0 Å². The van der Waals surface area contributed by atoms with Crippen LogP contribution in [0.2, 0.25) is 0 Å². The average molecular weight is 259 g/mol. The van der Waals surface area contributed by atoms with Crippen molar-refractivity contribution in [3.8, 4) is 0 Å². The summed E-state index contributed by atoms with van der Waals surface area (Å²) in [6, 6.07) is 10.7. The van der Waals surface area contributed by atoms with Crippen LogP contribution in [0.1, 0.15) is 24.5 Å². The molecule has 4 N–H and O–H groups in total. The van der Waals surface area contributed by atoms with Crippen LogP contribution in [0.3, 0.4) is 0 Å². The van der Waals surface area contributed by atoms with Gasteiger partial charge in [-0.05, 0) is 50.2 Å². The zero-order chi connectivity index (χ0) is 13.8. The number of hydrogen-bond donors (Lipinski definition) is 3. The van der Waals surface area contributed by atoms with Gasteiger partial charge in [0.2, 0.25) is 0 Å². The molecule has 19 heavy (non-hydrogen) atoms. The van der Waals surface area contributed by atoms with Crippen LogP contribution in [0.15, 0.2) is 40.8 Å². The molecule has 5 heteroatoms. The number of benzene rings is 1. The van der Waals surface area contributed by atoms with Crippen LogP contribution in [0.5, 0.6) is 0 Å². The molecule has 2 amide bonds. The van der Waals surface area contributed by atoms with E-state index < -0.39 is 6.03 Å². The zero-order valence-corrected chi connectivity index (χ0v) is 10.9. The minimum atomic E-state index is -0.569. The molecule has 0 aliphatic carbocycles. The van der Waals surface area contributed by atoms with E-state index in [0.717, 1.165) is 17.2 Å². The van der Waals surface area contributed by atoms with Gasteiger partial charge >= 0.3 is 6.03 Å². The van der Waals surface area contributed by atoms with Crippen molar-refractivity contribution in [2.75, 3.05) is 10.6 Å². The molecule has 0 bridgehead atoms. The van der Waals surface area contributed by atoms with Crippen molar-refractivity contribution in [1.29, 1.82) is 0 Å². The Morgan fingerprint density at radius 2 is 1.79 bits per heavy atom. The summed E-state index contributed by atoms with van der Waals surface area (Å²) in [6.45, 7) is 3.94. The Hall–Kier alpha value is -2.43. The first-order valence-corrected chi connectivity index (χ1v) is 6.04. The second-order valence-electron chi connectivity index (χ2n) is 4.38. The van der Waals surface area contributed by atoms with Gasteiger partial charge in [-0.25, -0.2) is 4.79 Å². The number of anilines is 2. The van der Waals surface area contributed by atoms with Crippen molar-refractivity contribution in [2.45, 2.75) is 19.9 Å². The normalized spacial score (nSPS) is 11.9. The number of carbonyl (C=O) groups excluding carboxylic acids is 1. The first-order valence-electron chi connectivity index (χ1n) is 6.04. The third-order valence-corrected chi connectivity index (χ3v) is 2.72.